The molecule has 75 heavy (non-hydrogen) atoms. The third-order valence-corrected chi connectivity index (χ3v) is 15.2. The van der Waals surface area contributed by atoms with Crippen LogP contribution in [0.25, 0.3) is 16.7 Å². The monoisotopic (exact) mass is 1010 g/mol. The summed E-state index contributed by atoms with van der Waals surface area (Å²) in [4.78, 5) is 7.54. The summed E-state index contributed by atoms with van der Waals surface area (Å²) in [7, 11) is 0. The van der Waals surface area contributed by atoms with Gasteiger partial charge in [0.15, 0.2) is 0 Å². The first-order chi connectivity index (χ1) is 36.7. The summed E-state index contributed by atoms with van der Waals surface area (Å²) in [5.41, 5.74) is 9.49. The maximum atomic E-state index is 11.4. The van der Waals surface area contributed by atoms with E-state index >= 15 is 0 Å². The molecular formula is C69H96N6. The van der Waals surface area contributed by atoms with Crippen LogP contribution in [0.1, 0.15) is 246 Å². The molecule has 0 spiro atoms. The summed E-state index contributed by atoms with van der Waals surface area (Å²) in [6.07, 6.45) is 28.8. The fourth-order valence-corrected chi connectivity index (χ4v) is 10.5. The zero-order chi connectivity index (χ0) is 54.2. The minimum absolute atomic E-state index is 0.224. The summed E-state index contributed by atoms with van der Waals surface area (Å²) in [5.74, 6) is 0. The van der Waals surface area contributed by atoms with E-state index in [0.717, 1.165) is 112 Å². The topological polar surface area (TPSA) is 81.1 Å². The maximum absolute atomic E-state index is 11.4. The first kappa shape index (κ1) is 61.5. The van der Waals surface area contributed by atoms with E-state index in [1.807, 2.05) is 0 Å². The highest BCUT2D eigenvalue weighted by molar-refractivity contribution is 5.98. The van der Waals surface area contributed by atoms with Crippen molar-refractivity contribution in [2.75, 3.05) is 54.0 Å². The average molecular weight is 1010 g/mol. The Morgan fingerprint density at radius 1 is 0.307 bits per heavy atom. The van der Waals surface area contributed by atoms with Crippen LogP contribution in [0, 0.1) is 34.0 Å². The molecule has 4 aromatic rings. The van der Waals surface area contributed by atoms with E-state index in [0.29, 0.717) is 33.4 Å². The van der Waals surface area contributed by atoms with Crippen LogP contribution in [0.15, 0.2) is 92.5 Å². The quantitative estimate of drug-likeness (QED) is 0.0414. The Morgan fingerprint density at radius 2 is 0.493 bits per heavy atom. The van der Waals surface area contributed by atoms with Crippen LogP contribution in [0.2, 0.25) is 0 Å². The van der Waals surface area contributed by atoms with Crippen molar-refractivity contribution in [2.45, 2.75) is 196 Å². The Balaban J connectivity index is 1.89. The smallest absolute Gasteiger partial charge is 0.101 e. The van der Waals surface area contributed by atoms with E-state index in [1.54, 1.807) is 0 Å². The van der Waals surface area contributed by atoms with E-state index in [1.165, 1.54) is 116 Å². The predicted octanol–water partition coefficient (Wildman–Crippen LogP) is 19.4. The Hall–Kier alpha value is -6.03. The van der Waals surface area contributed by atoms with Crippen molar-refractivity contribution in [3.8, 4) is 18.2 Å². The molecule has 0 saturated heterocycles. The number of rotatable bonds is 39. The highest BCUT2D eigenvalue weighted by Gasteiger charge is 2.30. The molecule has 6 heteroatoms. The van der Waals surface area contributed by atoms with Crippen molar-refractivity contribution in [3.05, 3.63) is 143 Å². The molecule has 6 nitrogen and oxygen atoms in total. The van der Waals surface area contributed by atoms with Gasteiger partial charge < -0.3 is 14.7 Å². The van der Waals surface area contributed by atoms with Crippen LogP contribution in [0.5, 0.6) is 0 Å². The summed E-state index contributed by atoms with van der Waals surface area (Å²) in [6, 6.07) is 33.0. The first-order valence-corrected chi connectivity index (χ1v) is 29.8. The van der Waals surface area contributed by atoms with E-state index in [2.05, 4.69) is 167 Å². The van der Waals surface area contributed by atoms with Crippen molar-refractivity contribution >= 4 is 33.8 Å². The van der Waals surface area contributed by atoms with Gasteiger partial charge in [-0.1, -0.05) is 213 Å². The van der Waals surface area contributed by atoms with Gasteiger partial charge in [0.05, 0.1) is 16.7 Å². The molecule has 4 aromatic carbocycles. The number of nitrogens with zero attached hydrogens (tertiary/aromatic N) is 6. The molecule has 0 aromatic heterocycles. The molecule has 0 aliphatic heterocycles. The maximum Gasteiger partial charge on any atom is 0.101 e. The van der Waals surface area contributed by atoms with Crippen LogP contribution >= 0.6 is 0 Å². The molecule has 0 saturated carbocycles. The summed E-state index contributed by atoms with van der Waals surface area (Å²) in [6.45, 7) is 33.5. The molecule has 0 aliphatic rings. The number of anilines is 3. The second kappa shape index (κ2) is 35.3. The summed E-state index contributed by atoms with van der Waals surface area (Å²) in [5, 5.41) is 34.1. The van der Waals surface area contributed by atoms with Crippen LogP contribution in [0.3, 0.4) is 0 Å². The Kier molecular flexibility index (Phi) is 28.9. The van der Waals surface area contributed by atoms with Crippen molar-refractivity contribution in [2.24, 2.45) is 0 Å². The number of hydrogen-bond donors (Lipinski definition) is 0. The van der Waals surface area contributed by atoms with Gasteiger partial charge in [0, 0.05) is 73.0 Å². The lowest BCUT2D eigenvalue weighted by atomic mass is 9.77. The Labute approximate surface area is 457 Å². The fraction of sp³-hybridized carbons (Fsp3) is 0.522. The third kappa shape index (κ3) is 18.6. The highest BCUT2D eigenvalue weighted by atomic mass is 15.1. The van der Waals surface area contributed by atoms with E-state index in [4.69, 9.17) is 0 Å². The van der Waals surface area contributed by atoms with Gasteiger partial charge in [-0.05, 0) is 108 Å². The molecule has 0 radical (unpaired) electrons. The molecule has 402 valence electrons. The van der Waals surface area contributed by atoms with Crippen molar-refractivity contribution < 1.29 is 0 Å². The minimum atomic E-state index is 0.224. The van der Waals surface area contributed by atoms with E-state index < -0.39 is 0 Å². The summed E-state index contributed by atoms with van der Waals surface area (Å²) < 4.78 is 0. The van der Waals surface area contributed by atoms with Crippen molar-refractivity contribution in [1.82, 2.24) is 0 Å². The standard InChI is InChI=1S/C69H96N6/c1-10-16-22-28-46-73(47-29-23-17-11-2)61-40-34-58(35-41-61)55(7)67-64(52-70)68(56(8)59-36-42-62(43-37-59)74(48-30-24-18-12-3)49-31-25-19-13-4)66(54-72)69(65(67)53-71)57(9)60-38-44-63(45-39-60)75(50-32-26-20-14-5)51-33-27-21-15-6/h34-45H,7-33,46-51H2,1-6H3. The van der Waals surface area contributed by atoms with Gasteiger partial charge in [0.2, 0.25) is 0 Å². The van der Waals surface area contributed by atoms with Gasteiger partial charge in [-0.3, -0.25) is 0 Å². The highest BCUT2D eigenvalue weighted by Crippen LogP contribution is 2.43. The number of hydrogen-bond acceptors (Lipinski definition) is 6. The number of benzene rings is 4. The molecule has 0 aliphatic carbocycles. The van der Waals surface area contributed by atoms with Crippen LogP contribution in [-0.2, 0) is 0 Å². The number of nitriles is 3. The van der Waals surface area contributed by atoms with Gasteiger partial charge in [0.1, 0.15) is 18.2 Å². The van der Waals surface area contributed by atoms with E-state index in [9.17, 15) is 15.8 Å². The predicted molar refractivity (Wildman–Crippen MR) is 326 cm³/mol. The third-order valence-electron chi connectivity index (χ3n) is 15.2. The number of unbranched alkanes of at least 4 members (excludes halogenated alkanes) is 18. The zero-order valence-electron chi connectivity index (χ0n) is 47.9. The lowest BCUT2D eigenvalue weighted by Gasteiger charge is -2.26. The molecule has 0 heterocycles. The molecule has 0 fully saturated rings. The van der Waals surface area contributed by atoms with Crippen LogP contribution < -0.4 is 14.7 Å². The molecule has 0 amide bonds. The SMILES string of the molecule is C=C(c1ccc(N(CCCCCC)CCCCCC)cc1)c1c(C#N)c(C(=C)c2ccc(N(CCCCCC)CCCCCC)cc2)c(C#N)c(C(=C)c2ccc(N(CCCCCC)CCCCCC)cc2)c1C#N. The lowest BCUT2D eigenvalue weighted by Crippen LogP contribution is -2.25. The fourth-order valence-electron chi connectivity index (χ4n) is 10.5. The van der Waals surface area contributed by atoms with Crippen LogP contribution in [0.4, 0.5) is 17.1 Å². The largest absolute Gasteiger partial charge is 0.372 e. The second-order valence-corrected chi connectivity index (χ2v) is 21.0. The van der Waals surface area contributed by atoms with E-state index in [-0.39, 0.29) is 16.7 Å². The molecule has 0 atom stereocenters. The zero-order valence-corrected chi connectivity index (χ0v) is 47.9. The van der Waals surface area contributed by atoms with Gasteiger partial charge >= 0.3 is 0 Å². The molecule has 0 N–H and O–H groups in total. The van der Waals surface area contributed by atoms with Gasteiger partial charge in [0.25, 0.3) is 0 Å². The summed E-state index contributed by atoms with van der Waals surface area (Å²) >= 11 is 0. The normalized spacial score (nSPS) is 10.9. The van der Waals surface area contributed by atoms with Gasteiger partial charge in [-0.25, -0.2) is 0 Å². The first-order valence-electron chi connectivity index (χ1n) is 29.8. The molecule has 4 rings (SSSR count). The van der Waals surface area contributed by atoms with Gasteiger partial charge in [-0.15, -0.1) is 0 Å². The average Bonchev–Trinajstić information content (AvgIpc) is 3.44. The molecule has 0 bridgehead atoms. The second-order valence-electron chi connectivity index (χ2n) is 21.0. The molecule has 0 unspecified atom stereocenters. The lowest BCUT2D eigenvalue weighted by molar-refractivity contribution is 0.609. The van der Waals surface area contributed by atoms with Crippen molar-refractivity contribution in [1.29, 1.82) is 15.8 Å². The van der Waals surface area contributed by atoms with Crippen molar-refractivity contribution in [3.63, 3.8) is 0 Å². The minimum Gasteiger partial charge on any atom is -0.372 e. The Morgan fingerprint density at radius 3 is 0.653 bits per heavy atom. The van der Waals surface area contributed by atoms with Gasteiger partial charge in [-0.2, -0.15) is 15.8 Å². The molecular weight excluding hydrogens is 913 g/mol. The van der Waals surface area contributed by atoms with Crippen LogP contribution in [-0.4, -0.2) is 39.3 Å². The Bertz CT molecular complexity index is 2120.